The quantitative estimate of drug-likeness (QED) is 0.857. The summed E-state index contributed by atoms with van der Waals surface area (Å²) in [6.07, 6.45) is 3.60. The molecule has 23 heavy (non-hydrogen) atoms. The maximum absolute atomic E-state index is 12.4. The normalized spacial score (nSPS) is 20.2. The Morgan fingerprint density at radius 1 is 1.13 bits per heavy atom. The van der Waals surface area contributed by atoms with Gasteiger partial charge in [-0.05, 0) is 19.3 Å². The summed E-state index contributed by atoms with van der Waals surface area (Å²) >= 11 is 0. The Morgan fingerprint density at radius 2 is 1.74 bits per heavy atom. The molecule has 0 bridgehead atoms. The maximum atomic E-state index is 12.4. The van der Waals surface area contributed by atoms with E-state index in [2.05, 4.69) is 5.32 Å². The van der Waals surface area contributed by atoms with Crippen molar-refractivity contribution in [1.82, 2.24) is 0 Å². The predicted molar refractivity (Wildman–Crippen MR) is 91.9 cm³/mol. The number of anilines is 1. The molecule has 2 unspecified atom stereocenters. The molecule has 1 aliphatic carbocycles. The number of nitrogens with two attached hydrogens (primary N) is 1. The molecule has 1 fully saturated rings. The van der Waals surface area contributed by atoms with Crippen molar-refractivity contribution in [2.75, 3.05) is 26.6 Å². The molecule has 0 heterocycles. The zero-order valence-electron chi connectivity index (χ0n) is 13.8. The van der Waals surface area contributed by atoms with Crippen molar-refractivity contribution < 1.29 is 19.0 Å². The average Bonchev–Trinajstić information content (AvgIpc) is 2.53. The van der Waals surface area contributed by atoms with E-state index < -0.39 is 0 Å². The molecule has 1 aromatic carbocycles. The number of halogens is 1. The summed E-state index contributed by atoms with van der Waals surface area (Å²) in [5, 5.41) is 2.92. The van der Waals surface area contributed by atoms with Crippen LogP contribution in [-0.2, 0) is 4.79 Å². The molecular formula is C16H25ClN2O4. The molecule has 1 aromatic rings. The van der Waals surface area contributed by atoms with Crippen molar-refractivity contribution in [1.29, 1.82) is 0 Å². The first-order valence-electron chi connectivity index (χ1n) is 7.45. The van der Waals surface area contributed by atoms with Crippen LogP contribution in [0.1, 0.15) is 25.7 Å². The molecule has 130 valence electrons. The van der Waals surface area contributed by atoms with Crippen LogP contribution in [0.5, 0.6) is 17.2 Å². The topological polar surface area (TPSA) is 82.8 Å². The number of methoxy groups -OCH3 is 3. The van der Waals surface area contributed by atoms with Crippen molar-refractivity contribution in [3.8, 4) is 17.2 Å². The summed E-state index contributed by atoms with van der Waals surface area (Å²) < 4.78 is 15.8. The fraction of sp³-hybridized carbons (Fsp3) is 0.562. The number of ether oxygens (including phenoxy) is 3. The van der Waals surface area contributed by atoms with Gasteiger partial charge >= 0.3 is 0 Å². The summed E-state index contributed by atoms with van der Waals surface area (Å²) in [6.45, 7) is 0. The van der Waals surface area contributed by atoms with Crippen LogP contribution in [0.4, 0.5) is 5.69 Å². The van der Waals surface area contributed by atoms with Gasteiger partial charge in [0.15, 0.2) is 11.5 Å². The van der Waals surface area contributed by atoms with Crippen molar-refractivity contribution in [2.24, 2.45) is 11.7 Å². The molecule has 6 nitrogen and oxygen atoms in total. The highest BCUT2D eigenvalue weighted by molar-refractivity contribution is 5.93. The number of hydrogen-bond acceptors (Lipinski definition) is 5. The molecule has 1 aliphatic rings. The van der Waals surface area contributed by atoms with Crippen LogP contribution in [-0.4, -0.2) is 33.3 Å². The molecule has 1 amide bonds. The molecule has 0 aliphatic heterocycles. The highest BCUT2D eigenvalue weighted by Gasteiger charge is 2.26. The highest BCUT2D eigenvalue weighted by Crippen LogP contribution is 2.40. The van der Waals surface area contributed by atoms with Gasteiger partial charge in [-0.15, -0.1) is 12.4 Å². The third-order valence-electron chi connectivity index (χ3n) is 4.02. The predicted octanol–water partition coefficient (Wildman–Crippen LogP) is 2.59. The van der Waals surface area contributed by atoms with Crippen molar-refractivity contribution >= 4 is 24.0 Å². The minimum Gasteiger partial charge on any atom is -0.493 e. The van der Waals surface area contributed by atoms with Gasteiger partial charge in [-0.3, -0.25) is 4.79 Å². The SMILES string of the molecule is COc1cc(NC(=O)C2CCCC(N)C2)cc(OC)c1OC.Cl. The van der Waals surface area contributed by atoms with E-state index in [0.29, 0.717) is 22.9 Å². The molecule has 0 saturated heterocycles. The third kappa shape index (κ3) is 4.65. The molecule has 3 N–H and O–H groups in total. The first kappa shape index (κ1) is 19.4. The van der Waals surface area contributed by atoms with Crippen LogP contribution >= 0.6 is 12.4 Å². The van der Waals surface area contributed by atoms with Crippen LogP contribution in [0.3, 0.4) is 0 Å². The first-order chi connectivity index (χ1) is 10.6. The van der Waals surface area contributed by atoms with E-state index in [1.54, 1.807) is 33.5 Å². The highest BCUT2D eigenvalue weighted by atomic mass is 35.5. The summed E-state index contributed by atoms with van der Waals surface area (Å²) in [7, 11) is 4.63. The molecule has 1 saturated carbocycles. The van der Waals surface area contributed by atoms with E-state index in [-0.39, 0.29) is 30.3 Å². The lowest BCUT2D eigenvalue weighted by Crippen LogP contribution is -2.34. The number of nitrogens with one attached hydrogen (secondary N) is 1. The fourth-order valence-corrected chi connectivity index (χ4v) is 2.86. The van der Waals surface area contributed by atoms with Crippen molar-refractivity contribution in [3.05, 3.63) is 12.1 Å². The van der Waals surface area contributed by atoms with E-state index in [1.165, 1.54) is 0 Å². The third-order valence-corrected chi connectivity index (χ3v) is 4.02. The zero-order chi connectivity index (χ0) is 16.1. The van der Waals surface area contributed by atoms with Crippen LogP contribution < -0.4 is 25.3 Å². The number of carbonyl (C=O) groups is 1. The van der Waals surface area contributed by atoms with Crippen LogP contribution in [0, 0.1) is 5.92 Å². The smallest absolute Gasteiger partial charge is 0.227 e. The second-order valence-corrected chi connectivity index (χ2v) is 5.53. The Bertz CT molecular complexity index is 514. The van der Waals surface area contributed by atoms with E-state index in [9.17, 15) is 4.79 Å². The van der Waals surface area contributed by atoms with Gasteiger partial charge < -0.3 is 25.3 Å². The van der Waals surface area contributed by atoms with E-state index in [1.807, 2.05) is 0 Å². The molecule has 0 aromatic heterocycles. The Balaban J connectivity index is 0.00000264. The van der Waals surface area contributed by atoms with Gasteiger partial charge in [0.25, 0.3) is 0 Å². The van der Waals surface area contributed by atoms with Gasteiger partial charge in [-0.1, -0.05) is 6.42 Å². The second kappa shape index (κ2) is 8.84. The number of carbonyl (C=O) groups excluding carboxylic acids is 1. The van der Waals surface area contributed by atoms with Gasteiger partial charge in [-0.25, -0.2) is 0 Å². The summed E-state index contributed by atoms with van der Waals surface area (Å²) in [5.74, 6) is 1.48. The Kier molecular flexibility index (Phi) is 7.45. The minimum absolute atomic E-state index is 0. The summed E-state index contributed by atoms with van der Waals surface area (Å²) in [6, 6.07) is 3.56. The van der Waals surface area contributed by atoms with Crippen molar-refractivity contribution in [2.45, 2.75) is 31.7 Å². The Morgan fingerprint density at radius 3 is 2.22 bits per heavy atom. The maximum Gasteiger partial charge on any atom is 0.227 e. The average molecular weight is 345 g/mol. The lowest BCUT2D eigenvalue weighted by molar-refractivity contribution is -0.120. The monoisotopic (exact) mass is 344 g/mol. The summed E-state index contributed by atoms with van der Waals surface area (Å²) in [4.78, 5) is 12.4. The minimum atomic E-state index is -0.0390. The van der Waals surface area contributed by atoms with E-state index in [0.717, 1.165) is 25.7 Å². The lowest BCUT2D eigenvalue weighted by atomic mass is 9.85. The largest absolute Gasteiger partial charge is 0.493 e. The number of hydrogen-bond donors (Lipinski definition) is 2. The summed E-state index contributed by atoms with van der Waals surface area (Å²) in [5.41, 5.74) is 6.57. The Labute approximate surface area is 143 Å². The van der Waals surface area contributed by atoms with Gasteiger partial charge in [0.1, 0.15) is 0 Å². The molecule has 7 heteroatoms. The van der Waals surface area contributed by atoms with Gasteiger partial charge in [-0.2, -0.15) is 0 Å². The van der Waals surface area contributed by atoms with Gasteiger partial charge in [0.2, 0.25) is 11.7 Å². The number of rotatable bonds is 5. The zero-order valence-corrected chi connectivity index (χ0v) is 14.6. The van der Waals surface area contributed by atoms with Crippen LogP contribution in [0.25, 0.3) is 0 Å². The molecular weight excluding hydrogens is 320 g/mol. The molecule has 2 atom stereocenters. The standard InChI is InChI=1S/C16H24N2O4.ClH/c1-20-13-8-12(9-14(21-2)15(13)22-3)18-16(19)10-5-4-6-11(17)7-10;/h8-11H,4-7,17H2,1-3H3,(H,18,19);1H. The fourth-order valence-electron chi connectivity index (χ4n) is 2.86. The van der Waals surface area contributed by atoms with Crippen molar-refractivity contribution in [3.63, 3.8) is 0 Å². The van der Waals surface area contributed by atoms with Crippen LogP contribution in [0.15, 0.2) is 12.1 Å². The van der Waals surface area contributed by atoms with Gasteiger partial charge in [0, 0.05) is 29.8 Å². The Hall–Kier alpha value is -1.66. The van der Waals surface area contributed by atoms with E-state index in [4.69, 9.17) is 19.9 Å². The van der Waals surface area contributed by atoms with E-state index >= 15 is 0 Å². The molecule has 2 rings (SSSR count). The first-order valence-corrected chi connectivity index (χ1v) is 7.45. The lowest BCUT2D eigenvalue weighted by Gasteiger charge is -2.25. The molecule has 0 spiro atoms. The van der Waals surface area contributed by atoms with Crippen LogP contribution in [0.2, 0.25) is 0 Å². The second-order valence-electron chi connectivity index (χ2n) is 5.53. The number of amides is 1. The number of benzene rings is 1. The molecule has 0 radical (unpaired) electrons. The van der Waals surface area contributed by atoms with Gasteiger partial charge in [0.05, 0.1) is 21.3 Å².